The lowest BCUT2D eigenvalue weighted by molar-refractivity contribution is -0.908. The lowest BCUT2D eigenvalue weighted by Crippen LogP contribution is -2.68. The number of allylic oxidation sites excluding steroid dienone is 1. The number of carboxylic acids is 1. The van der Waals surface area contributed by atoms with Crippen LogP contribution in [0.2, 0.25) is 0 Å². The predicted molar refractivity (Wildman–Crippen MR) is 93.2 cm³/mol. The number of nitrogens with two attached hydrogens (primary N) is 1. The number of quaternary nitrogens is 1. The van der Waals surface area contributed by atoms with Gasteiger partial charge < -0.3 is 15.3 Å². The molecule has 2 atom stereocenters. The van der Waals surface area contributed by atoms with Crippen molar-refractivity contribution in [3.63, 3.8) is 0 Å². The zero-order valence-corrected chi connectivity index (χ0v) is 15.0. The Balaban J connectivity index is 1.73. The van der Waals surface area contributed by atoms with Crippen LogP contribution in [0.25, 0.3) is 0 Å². The van der Waals surface area contributed by atoms with E-state index in [2.05, 4.69) is 25.1 Å². The summed E-state index contributed by atoms with van der Waals surface area (Å²) in [5.41, 5.74) is 6.56. The quantitative estimate of drug-likeness (QED) is 0.524. The monoisotopic (exact) mass is 353 g/mol. The van der Waals surface area contributed by atoms with Crippen LogP contribution in [0.15, 0.2) is 23.4 Å². The zero-order valence-electron chi connectivity index (χ0n) is 14.1. The number of piperazine rings is 1. The van der Waals surface area contributed by atoms with Crippen LogP contribution >= 0.6 is 11.8 Å². The van der Waals surface area contributed by atoms with Crippen molar-refractivity contribution in [2.45, 2.75) is 11.4 Å². The number of nitrogens with zero attached hydrogens (tertiary/aromatic N) is 3. The molecule has 3 aliphatic heterocycles. The summed E-state index contributed by atoms with van der Waals surface area (Å²) in [6.07, 6.45) is 3.93. The maximum absolute atomic E-state index is 11.9. The molecule has 2 saturated heterocycles. The molecule has 3 aliphatic rings. The maximum Gasteiger partial charge on any atom is 0.352 e. The van der Waals surface area contributed by atoms with Crippen LogP contribution in [-0.2, 0) is 9.59 Å². The largest absolute Gasteiger partial charge is 0.477 e. The van der Waals surface area contributed by atoms with Crippen LogP contribution in [0.4, 0.5) is 0 Å². The van der Waals surface area contributed by atoms with Gasteiger partial charge in [-0.15, -0.1) is 11.8 Å². The molecule has 0 aromatic carbocycles. The van der Waals surface area contributed by atoms with E-state index in [1.165, 1.54) is 16.7 Å². The Morgan fingerprint density at radius 3 is 2.75 bits per heavy atom. The van der Waals surface area contributed by atoms with E-state index in [0.717, 1.165) is 37.2 Å². The minimum Gasteiger partial charge on any atom is -0.477 e. The number of carboxylic acid groups (broad SMARTS) is 1. The predicted octanol–water partition coefficient (Wildman–Crippen LogP) is -0.484. The molecule has 2 fully saturated rings. The van der Waals surface area contributed by atoms with Crippen molar-refractivity contribution in [1.29, 1.82) is 0 Å². The molecule has 3 N–H and O–H groups in total. The molecule has 0 radical (unpaired) electrons. The van der Waals surface area contributed by atoms with E-state index in [4.69, 9.17) is 5.73 Å². The molecule has 132 valence electrons. The molecule has 0 saturated carbocycles. The number of likely N-dealkylation sites (N-methyl/N-ethyl adjacent to an activating group) is 2. The molecule has 0 aliphatic carbocycles. The molecule has 0 aromatic heterocycles. The molecule has 8 heteroatoms. The Morgan fingerprint density at radius 2 is 2.12 bits per heavy atom. The van der Waals surface area contributed by atoms with Crippen molar-refractivity contribution >= 4 is 23.6 Å². The summed E-state index contributed by atoms with van der Waals surface area (Å²) in [5.74, 6) is -0.777. The Kier molecular flexibility index (Phi) is 4.74. The third-order valence-electron chi connectivity index (χ3n) is 5.15. The average molecular weight is 353 g/mol. The Labute approximate surface area is 146 Å². The molecule has 3 rings (SSSR count). The molecular weight excluding hydrogens is 328 g/mol. The third-order valence-corrected chi connectivity index (χ3v) is 6.47. The van der Waals surface area contributed by atoms with E-state index in [1.54, 1.807) is 0 Å². The summed E-state index contributed by atoms with van der Waals surface area (Å²) in [7, 11) is 4.36. The van der Waals surface area contributed by atoms with Crippen molar-refractivity contribution < 1.29 is 19.2 Å². The van der Waals surface area contributed by atoms with E-state index < -0.39 is 12.0 Å². The van der Waals surface area contributed by atoms with Gasteiger partial charge in [-0.1, -0.05) is 6.08 Å². The number of rotatable bonds is 4. The van der Waals surface area contributed by atoms with Gasteiger partial charge in [-0.2, -0.15) is 0 Å². The number of hydrogen-bond acceptors (Lipinski definition) is 5. The second kappa shape index (κ2) is 6.51. The van der Waals surface area contributed by atoms with E-state index in [1.807, 2.05) is 6.08 Å². The van der Waals surface area contributed by atoms with Gasteiger partial charge in [0, 0.05) is 18.8 Å². The van der Waals surface area contributed by atoms with E-state index in [-0.39, 0.29) is 17.0 Å². The maximum atomic E-state index is 11.9. The summed E-state index contributed by atoms with van der Waals surface area (Å²) < 4.78 is 0.958. The molecule has 0 aromatic rings. The molecule has 0 spiro atoms. The second-order valence-corrected chi connectivity index (χ2v) is 8.17. The second-order valence-electron chi connectivity index (χ2n) is 7.07. The van der Waals surface area contributed by atoms with Gasteiger partial charge in [-0.05, 0) is 18.7 Å². The fraction of sp³-hybridized carbons (Fsp3) is 0.625. The highest BCUT2D eigenvalue weighted by atomic mass is 32.2. The number of carbonyl (C=O) groups is 2. The number of β-lactam (4-membered cyclic amide) rings is 1. The summed E-state index contributed by atoms with van der Waals surface area (Å²) in [6, 6.07) is -0.579. The minimum atomic E-state index is -1.06. The van der Waals surface area contributed by atoms with Gasteiger partial charge >= 0.3 is 5.97 Å². The Hall–Kier alpha value is -1.35. The van der Waals surface area contributed by atoms with E-state index in [0.29, 0.717) is 11.3 Å². The van der Waals surface area contributed by atoms with Gasteiger partial charge in [0.2, 0.25) is 5.91 Å². The van der Waals surface area contributed by atoms with Gasteiger partial charge in [-0.3, -0.25) is 14.6 Å². The standard InChI is InChI=1S/C16H24N4O3S/c1-18-5-8-20(2,9-6-18)7-3-4-11-10-24-15-12(17)14(21)19(15)13(11)16(22)23/h3-4,12,15H,5-10,17H2,1-2H3/p+1/b4-3+/t12-,15-/m1/s1. The SMILES string of the molecule is CN1CC[N+](C)(C/C=C/C2=C(C(=O)O)N3C(=O)[C@@H](N)[C@H]3SC2)CC1. The van der Waals surface area contributed by atoms with Crippen LogP contribution < -0.4 is 5.73 Å². The fourth-order valence-electron chi connectivity index (χ4n) is 3.35. The van der Waals surface area contributed by atoms with Crippen molar-refractivity contribution in [2.24, 2.45) is 5.73 Å². The zero-order chi connectivity index (χ0) is 17.5. The molecule has 7 nitrogen and oxygen atoms in total. The van der Waals surface area contributed by atoms with Crippen molar-refractivity contribution in [3.8, 4) is 0 Å². The smallest absolute Gasteiger partial charge is 0.352 e. The van der Waals surface area contributed by atoms with Gasteiger partial charge in [-0.25, -0.2) is 4.79 Å². The van der Waals surface area contributed by atoms with E-state index >= 15 is 0 Å². The van der Waals surface area contributed by atoms with Crippen LogP contribution in [0, 0.1) is 0 Å². The normalized spacial score (nSPS) is 30.5. The van der Waals surface area contributed by atoms with Crippen molar-refractivity contribution in [2.75, 3.05) is 52.6 Å². The lowest BCUT2D eigenvalue weighted by atomic mass is 10.0. The Bertz CT molecular complexity index is 610. The average Bonchev–Trinajstić information content (AvgIpc) is 2.56. The first-order chi connectivity index (χ1) is 11.3. The van der Waals surface area contributed by atoms with Crippen LogP contribution in [0.3, 0.4) is 0 Å². The van der Waals surface area contributed by atoms with Crippen molar-refractivity contribution in [1.82, 2.24) is 9.80 Å². The van der Waals surface area contributed by atoms with Gasteiger partial charge in [0.15, 0.2) is 0 Å². The van der Waals surface area contributed by atoms with Gasteiger partial charge in [0.25, 0.3) is 0 Å². The van der Waals surface area contributed by atoms with Crippen LogP contribution in [0.5, 0.6) is 0 Å². The number of thioether (sulfide) groups is 1. The molecule has 3 heterocycles. The number of hydrogen-bond donors (Lipinski definition) is 2. The first-order valence-corrected chi connectivity index (χ1v) is 9.23. The number of aliphatic carboxylic acids is 1. The highest BCUT2D eigenvalue weighted by Gasteiger charge is 2.51. The molecule has 0 unspecified atom stereocenters. The van der Waals surface area contributed by atoms with E-state index in [9.17, 15) is 14.7 Å². The highest BCUT2D eigenvalue weighted by Crippen LogP contribution is 2.39. The fourth-order valence-corrected chi connectivity index (χ4v) is 4.61. The number of carbonyl (C=O) groups excluding carboxylic acids is 1. The van der Waals surface area contributed by atoms with Crippen molar-refractivity contribution in [3.05, 3.63) is 23.4 Å². The topological polar surface area (TPSA) is 86.9 Å². The van der Waals surface area contributed by atoms with Gasteiger partial charge in [0.05, 0.1) is 26.7 Å². The third kappa shape index (κ3) is 3.11. The molecule has 1 amide bonds. The first-order valence-electron chi connectivity index (χ1n) is 8.18. The molecule has 0 bridgehead atoms. The molecule has 24 heavy (non-hydrogen) atoms. The van der Waals surface area contributed by atoms with Crippen LogP contribution in [0.1, 0.15) is 0 Å². The number of fused-ring (bicyclic) bond motifs is 1. The minimum absolute atomic E-state index is 0.0998. The Morgan fingerprint density at radius 1 is 1.46 bits per heavy atom. The lowest BCUT2D eigenvalue weighted by Gasteiger charge is -2.47. The summed E-state index contributed by atoms with van der Waals surface area (Å²) in [6.45, 7) is 5.19. The molecular formula is C16H25N4O3S+. The summed E-state index contributed by atoms with van der Waals surface area (Å²) in [5, 5.41) is 9.28. The number of amides is 1. The summed E-state index contributed by atoms with van der Waals surface area (Å²) >= 11 is 1.54. The first kappa shape index (κ1) is 17.5. The van der Waals surface area contributed by atoms with Gasteiger partial charge in [0.1, 0.15) is 17.1 Å². The van der Waals surface area contributed by atoms with Crippen LogP contribution in [-0.4, -0.2) is 95.3 Å². The highest BCUT2D eigenvalue weighted by molar-refractivity contribution is 8.00. The summed E-state index contributed by atoms with van der Waals surface area (Å²) in [4.78, 5) is 27.2.